The number of carbonyl (C=O) groups excluding carboxylic acids is 1. The topological polar surface area (TPSA) is 64.8 Å². The molecule has 1 aliphatic carbocycles. The molecule has 5 heteroatoms. The van der Waals surface area contributed by atoms with E-state index in [-0.39, 0.29) is 12.5 Å². The van der Waals surface area contributed by atoms with Crippen molar-refractivity contribution >= 4 is 5.91 Å². The van der Waals surface area contributed by atoms with Gasteiger partial charge >= 0.3 is 0 Å². The van der Waals surface area contributed by atoms with Gasteiger partial charge in [-0.15, -0.1) is 0 Å². The second-order valence-electron chi connectivity index (χ2n) is 5.07. The van der Waals surface area contributed by atoms with Gasteiger partial charge in [0.15, 0.2) is 0 Å². The third-order valence-corrected chi connectivity index (χ3v) is 3.47. The predicted molar refractivity (Wildman–Crippen MR) is 76.4 cm³/mol. The Morgan fingerprint density at radius 1 is 1.40 bits per heavy atom. The van der Waals surface area contributed by atoms with Crippen molar-refractivity contribution in [2.75, 3.05) is 20.8 Å². The molecule has 1 unspecified atom stereocenters. The smallest absolute Gasteiger partial charge is 0.242 e. The minimum atomic E-state index is -0.602. The predicted octanol–water partition coefficient (Wildman–Crippen LogP) is 1.16. The second-order valence-corrected chi connectivity index (χ2v) is 5.07. The van der Waals surface area contributed by atoms with Gasteiger partial charge in [-0.2, -0.15) is 0 Å². The van der Waals surface area contributed by atoms with Crippen molar-refractivity contribution in [2.45, 2.75) is 31.5 Å². The van der Waals surface area contributed by atoms with Crippen LogP contribution in [0.4, 0.5) is 0 Å². The van der Waals surface area contributed by atoms with Crippen molar-refractivity contribution < 1.29 is 14.3 Å². The van der Waals surface area contributed by atoms with E-state index < -0.39 is 6.04 Å². The highest BCUT2D eigenvalue weighted by atomic mass is 16.5. The van der Waals surface area contributed by atoms with Gasteiger partial charge in [-0.25, -0.2) is 0 Å². The van der Waals surface area contributed by atoms with Crippen LogP contribution >= 0.6 is 0 Å². The number of carbonyl (C=O) groups is 1. The Labute approximate surface area is 119 Å². The van der Waals surface area contributed by atoms with Crippen LogP contribution in [0.5, 0.6) is 5.75 Å². The Hall–Kier alpha value is -1.59. The average Bonchev–Trinajstić information content (AvgIpc) is 3.29. The fraction of sp³-hybridized carbons (Fsp3) is 0.533. The number of rotatable bonds is 7. The molecular formula is C15H22N2O3. The highest BCUT2D eigenvalue weighted by Crippen LogP contribution is 2.30. The molecule has 1 amide bonds. The Balaban J connectivity index is 2.11. The van der Waals surface area contributed by atoms with Gasteiger partial charge in [0.1, 0.15) is 11.8 Å². The van der Waals surface area contributed by atoms with E-state index in [1.807, 2.05) is 29.2 Å². The van der Waals surface area contributed by atoms with E-state index >= 15 is 0 Å². The van der Waals surface area contributed by atoms with Gasteiger partial charge in [0, 0.05) is 25.3 Å². The number of hydrogen-bond donors (Lipinski definition) is 1. The van der Waals surface area contributed by atoms with Gasteiger partial charge < -0.3 is 20.1 Å². The van der Waals surface area contributed by atoms with Crippen LogP contribution in [0.1, 0.15) is 18.4 Å². The van der Waals surface area contributed by atoms with E-state index in [0.29, 0.717) is 12.6 Å². The third-order valence-electron chi connectivity index (χ3n) is 3.47. The summed E-state index contributed by atoms with van der Waals surface area (Å²) in [6, 6.07) is 7.44. The van der Waals surface area contributed by atoms with Gasteiger partial charge in [0.25, 0.3) is 0 Å². The molecule has 20 heavy (non-hydrogen) atoms. The Bertz CT molecular complexity index is 460. The van der Waals surface area contributed by atoms with Crippen LogP contribution in [0.15, 0.2) is 24.3 Å². The van der Waals surface area contributed by atoms with E-state index in [1.54, 1.807) is 14.2 Å². The molecule has 1 aliphatic rings. The van der Waals surface area contributed by atoms with E-state index in [9.17, 15) is 4.79 Å². The van der Waals surface area contributed by atoms with Crippen LogP contribution in [0, 0.1) is 0 Å². The molecule has 2 rings (SSSR count). The number of methoxy groups -OCH3 is 2. The van der Waals surface area contributed by atoms with Crippen LogP contribution in [0.25, 0.3) is 0 Å². The molecule has 110 valence electrons. The molecule has 0 aliphatic heterocycles. The maximum atomic E-state index is 12.4. The molecule has 5 nitrogen and oxygen atoms in total. The first-order chi connectivity index (χ1) is 9.67. The summed E-state index contributed by atoms with van der Waals surface area (Å²) in [5.74, 6) is 0.742. The molecule has 1 aromatic rings. The SMILES string of the molecule is COCC(N)C(=O)N(Cc1ccccc1OC)C1CC1. The first-order valence-corrected chi connectivity index (χ1v) is 6.84. The standard InChI is InChI=1S/C15H22N2O3/c1-19-10-13(16)15(18)17(12-7-8-12)9-11-5-3-4-6-14(11)20-2/h3-6,12-13H,7-10,16H2,1-2H3. The van der Waals surface area contributed by atoms with Crippen LogP contribution in [0.3, 0.4) is 0 Å². The number of para-hydroxylation sites is 1. The summed E-state index contributed by atoms with van der Waals surface area (Å²) in [6.07, 6.45) is 2.08. The summed E-state index contributed by atoms with van der Waals surface area (Å²) in [5.41, 5.74) is 6.87. The van der Waals surface area contributed by atoms with E-state index in [1.165, 1.54) is 0 Å². The molecule has 1 aromatic carbocycles. The number of hydrogen-bond acceptors (Lipinski definition) is 4. The molecule has 0 heterocycles. The summed E-state index contributed by atoms with van der Waals surface area (Å²) < 4.78 is 10.3. The van der Waals surface area contributed by atoms with Crippen LogP contribution in [0.2, 0.25) is 0 Å². The van der Waals surface area contributed by atoms with E-state index in [0.717, 1.165) is 24.2 Å². The first-order valence-electron chi connectivity index (χ1n) is 6.84. The summed E-state index contributed by atoms with van der Waals surface area (Å²) in [4.78, 5) is 14.2. The van der Waals surface area contributed by atoms with Crippen molar-refractivity contribution in [3.63, 3.8) is 0 Å². The van der Waals surface area contributed by atoms with Gasteiger partial charge in [-0.1, -0.05) is 18.2 Å². The molecule has 0 radical (unpaired) electrons. The van der Waals surface area contributed by atoms with Crippen LogP contribution in [-0.2, 0) is 16.1 Å². The van der Waals surface area contributed by atoms with E-state index in [2.05, 4.69) is 0 Å². The average molecular weight is 278 g/mol. The number of amides is 1. The van der Waals surface area contributed by atoms with Crippen molar-refractivity contribution in [3.8, 4) is 5.75 Å². The maximum Gasteiger partial charge on any atom is 0.242 e. The fourth-order valence-corrected chi connectivity index (χ4v) is 2.25. The van der Waals surface area contributed by atoms with Crippen molar-refractivity contribution in [1.82, 2.24) is 4.90 Å². The van der Waals surface area contributed by atoms with Gasteiger partial charge in [-0.05, 0) is 18.9 Å². The molecule has 0 saturated heterocycles. The van der Waals surface area contributed by atoms with Crippen molar-refractivity contribution in [3.05, 3.63) is 29.8 Å². The van der Waals surface area contributed by atoms with Crippen LogP contribution in [-0.4, -0.2) is 43.7 Å². The molecular weight excluding hydrogens is 256 g/mol. The second kappa shape index (κ2) is 6.72. The molecule has 0 spiro atoms. The molecule has 1 saturated carbocycles. The highest BCUT2D eigenvalue weighted by Gasteiger charge is 2.35. The Morgan fingerprint density at radius 3 is 2.70 bits per heavy atom. The molecule has 2 N–H and O–H groups in total. The molecule has 0 aromatic heterocycles. The number of nitrogens with zero attached hydrogens (tertiary/aromatic N) is 1. The zero-order chi connectivity index (χ0) is 14.5. The number of ether oxygens (including phenoxy) is 2. The summed E-state index contributed by atoms with van der Waals surface area (Å²) in [6.45, 7) is 0.777. The first kappa shape index (κ1) is 14.8. The monoisotopic (exact) mass is 278 g/mol. The number of nitrogens with two attached hydrogens (primary N) is 1. The van der Waals surface area contributed by atoms with Gasteiger partial charge in [0.05, 0.1) is 13.7 Å². The quantitative estimate of drug-likeness (QED) is 0.813. The fourth-order valence-electron chi connectivity index (χ4n) is 2.25. The Kier molecular flexibility index (Phi) is 4.98. The molecule has 1 fully saturated rings. The third kappa shape index (κ3) is 3.49. The van der Waals surface area contributed by atoms with Gasteiger partial charge in [-0.3, -0.25) is 4.79 Å². The molecule has 0 bridgehead atoms. The largest absolute Gasteiger partial charge is 0.496 e. The maximum absolute atomic E-state index is 12.4. The number of benzene rings is 1. The summed E-state index contributed by atoms with van der Waals surface area (Å²) in [5, 5.41) is 0. The van der Waals surface area contributed by atoms with Crippen molar-refractivity contribution in [1.29, 1.82) is 0 Å². The summed E-state index contributed by atoms with van der Waals surface area (Å²) in [7, 11) is 3.19. The Morgan fingerprint density at radius 2 is 2.10 bits per heavy atom. The van der Waals surface area contributed by atoms with Crippen LogP contribution < -0.4 is 10.5 Å². The zero-order valence-corrected chi connectivity index (χ0v) is 12.0. The lowest BCUT2D eigenvalue weighted by atomic mass is 10.1. The van der Waals surface area contributed by atoms with Crippen molar-refractivity contribution in [2.24, 2.45) is 5.73 Å². The normalized spacial score (nSPS) is 15.8. The lowest BCUT2D eigenvalue weighted by Crippen LogP contribution is -2.46. The van der Waals surface area contributed by atoms with E-state index in [4.69, 9.17) is 15.2 Å². The lowest BCUT2D eigenvalue weighted by Gasteiger charge is -2.26. The summed E-state index contributed by atoms with van der Waals surface area (Å²) >= 11 is 0. The molecule has 1 atom stereocenters. The lowest BCUT2D eigenvalue weighted by molar-refractivity contribution is -0.135. The van der Waals surface area contributed by atoms with Gasteiger partial charge in [0.2, 0.25) is 5.91 Å². The minimum absolute atomic E-state index is 0.0553. The zero-order valence-electron chi connectivity index (χ0n) is 12.0. The minimum Gasteiger partial charge on any atom is -0.496 e. The highest BCUT2D eigenvalue weighted by molar-refractivity contribution is 5.82.